The van der Waals surface area contributed by atoms with Crippen LogP contribution in [-0.2, 0) is 0 Å². The van der Waals surface area contributed by atoms with Crippen molar-refractivity contribution in [1.82, 2.24) is 10.6 Å². The Morgan fingerprint density at radius 2 is 2.17 bits per heavy atom. The largest absolute Gasteiger partial charge is 0.390 e. The molecular weight excluding hydrogens is 152 g/mol. The summed E-state index contributed by atoms with van der Waals surface area (Å²) in [5.41, 5.74) is 0. The van der Waals surface area contributed by atoms with Gasteiger partial charge in [0, 0.05) is 18.6 Å². The van der Waals surface area contributed by atoms with Crippen LogP contribution in [0.25, 0.3) is 0 Å². The van der Waals surface area contributed by atoms with Gasteiger partial charge in [0.25, 0.3) is 0 Å². The highest BCUT2D eigenvalue weighted by Crippen LogP contribution is 2.18. The molecule has 0 aromatic heterocycles. The molecule has 1 aliphatic rings. The molecule has 1 fully saturated rings. The molecule has 1 aliphatic carbocycles. The molecular formula is C9H20N2O. The van der Waals surface area contributed by atoms with Gasteiger partial charge in [0.1, 0.15) is 0 Å². The van der Waals surface area contributed by atoms with Crippen LogP contribution in [0.4, 0.5) is 0 Å². The second kappa shape index (κ2) is 4.80. The summed E-state index contributed by atoms with van der Waals surface area (Å²) in [6.45, 7) is 5.71. The Hall–Kier alpha value is -0.120. The van der Waals surface area contributed by atoms with Crippen molar-refractivity contribution in [2.24, 2.45) is 0 Å². The number of aliphatic hydroxyl groups excluding tert-OH is 1. The molecule has 2 atom stereocenters. The monoisotopic (exact) mass is 172 g/mol. The summed E-state index contributed by atoms with van der Waals surface area (Å²) in [6.07, 6.45) is 2.30. The zero-order valence-electron chi connectivity index (χ0n) is 8.01. The summed E-state index contributed by atoms with van der Waals surface area (Å²) in [6, 6.07) is 0.884. The van der Waals surface area contributed by atoms with E-state index in [1.807, 2.05) is 6.92 Å². The third kappa shape index (κ3) is 3.52. The summed E-state index contributed by atoms with van der Waals surface area (Å²) < 4.78 is 0. The lowest BCUT2D eigenvalue weighted by Crippen LogP contribution is -2.43. The molecule has 3 nitrogen and oxygen atoms in total. The Kier molecular flexibility index (Phi) is 3.98. The molecule has 0 radical (unpaired) electrons. The van der Waals surface area contributed by atoms with E-state index in [0.29, 0.717) is 6.04 Å². The van der Waals surface area contributed by atoms with E-state index < -0.39 is 0 Å². The quantitative estimate of drug-likeness (QED) is 0.532. The maximum absolute atomic E-state index is 9.60. The predicted octanol–water partition coefficient (Wildman–Crippen LogP) is 0.0973. The van der Waals surface area contributed by atoms with Crippen molar-refractivity contribution in [3.63, 3.8) is 0 Å². The van der Waals surface area contributed by atoms with Crippen LogP contribution in [0.1, 0.15) is 26.7 Å². The van der Waals surface area contributed by atoms with Crippen molar-refractivity contribution in [1.29, 1.82) is 0 Å². The first kappa shape index (κ1) is 9.96. The fraction of sp³-hybridized carbons (Fsp3) is 1.00. The first-order chi connectivity index (χ1) is 5.74. The molecule has 0 aliphatic heterocycles. The van der Waals surface area contributed by atoms with Crippen LogP contribution in [0.2, 0.25) is 0 Å². The highest BCUT2D eigenvalue weighted by Gasteiger charge is 2.22. The van der Waals surface area contributed by atoms with Gasteiger partial charge in [0.2, 0.25) is 0 Å². The fourth-order valence-corrected chi connectivity index (χ4v) is 1.21. The zero-order valence-corrected chi connectivity index (χ0v) is 8.01. The number of hydrogen-bond donors (Lipinski definition) is 3. The molecule has 3 N–H and O–H groups in total. The van der Waals surface area contributed by atoms with E-state index in [2.05, 4.69) is 17.6 Å². The van der Waals surface area contributed by atoms with Crippen LogP contribution in [0, 0.1) is 0 Å². The minimum absolute atomic E-state index is 0.196. The van der Waals surface area contributed by atoms with Crippen LogP contribution in [0.3, 0.4) is 0 Å². The Bertz CT molecular complexity index is 126. The summed E-state index contributed by atoms with van der Waals surface area (Å²) in [5.74, 6) is 0. The summed E-state index contributed by atoms with van der Waals surface area (Å²) in [5, 5.41) is 16.1. The number of likely N-dealkylation sites (N-methyl/N-ethyl adjacent to an activating group) is 1. The molecule has 0 amide bonds. The molecule has 3 heteroatoms. The SMILES string of the molecule is CCNC(C)C(O)CNC1CC1. The summed E-state index contributed by atoms with van der Waals surface area (Å²) >= 11 is 0. The predicted molar refractivity (Wildman–Crippen MR) is 50.2 cm³/mol. The Morgan fingerprint density at radius 1 is 1.50 bits per heavy atom. The lowest BCUT2D eigenvalue weighted by molar-refractivity contribution is 0.133. The summed E-state index contributed by atoms with van der Waals surface area (Å²) in [4.78, 5) is 0. The molecule has 1 rings (SSSR count). The number of rotatable bonds is 6. The second-order valence-electron chi connectivity index (χ2n) is 3.60. The van der Waals surface area contributed by atoms with E-state index in [4.69, 9.17) is 0 Å². The molecule has 0 aromatic carbocycles. The number of hydrogen-bond acceptors (Lipinski definition) is 3. The average Bonchev–Trinajstić information content (AvgIpc) is 2.83. The van der Waals surface area contributed by atoms with Gasteiger partial charge in [0.15, 0.2) is 0 Å². The third-order valence-corrected chi connectivity index (χ3v) is 2.30. The van der Waals surface area contributed by atoms with Crippen molar-refractivity contribution < 1.29 is 5.11 Å². The van der Waals surface area contributed by atoms with E-state index in [9.17, 15) is 5.11 Å². The highest BCUT2D eigenvalue weighted by molar-refractivity contribution is 4.83. The van der Waals surface area contributed by atoms with Gasteiger partial charge < -0.3 is 15.7 Å². The molecule has 72 valence electrons. The van der Waals surface area contributed by atoms with Gasteiger partial charge in [-0.2, -0.15) is 0 Å². The molecule has 0 bridgehead atoms. The number of nitrogens with one attached hydrogen (secondary N) is 2. The minimum Gasteiger partial charge on any atom is -0.390 e. The molecule has 0 spiro atoms. The van der Waals surface area contributed by atoms with E-state index in [1.165, 1.54) is 12.8 Å². The maximum Gasteiger partial charge on any atom is 0.0814 e. The van der Waals surface area contributed by atoms with Crippen molar-refractivity contribution in [3.05, 3.63) is 0 Å². The maximum atomic E-state index is 9.60. The fourth-order valence-electron chi connectivity index (χ4n) is 1.21. The summed E-state index contributed by atoms with van der Waals surface area (Å²) in [7, 11) is 0. The van der Waals surface area contributed by atoms with Gasteiger partial charge in [-0.25, -0.2) is 0 Å². The van der Waals surface area contributed by atoms with Gasteiger partial charge in [-0.15, -0.1) is 0 Å². The molecule has 0 heterocycles. The van der Waals surface area contributed by atoms with Crippen molar-refractivity contribution >= 4 is 0 Å². The van der Waals surface area contributed by atoms with Crippen molar-refractivity contribution in [3.8, 4) is 0 Å². The Balaban J connectivity index is 2.03. The first-order valence-electron chi connectivity index (χ1n) is 4.89. The average molecular weight is 172 g/mol. The van der Waals surface area contributed by atoms with Crippen molar-refractivity contribution in [2.45, 2.75) is 44.9 Å². The Labute approximate surface area is 74.5 Å². The number of aliphatic hydroxyl groups is 1. The lowest BCUT2D eigenvalue weighted by Gasteiger charge is -2.19. The molecule has 0 saturated heterocycles. The first-order valence-corrected chi connectivity index (χ1v) is 4.89. The molecule has 12 heavy (non-hydrogen) atoms. The van der Waals surface area contributed by atoms with Crippen LogP contribution in [-0.4, -0.2) is 36.4 Å². The van der Waals surface area contributed by atoms with Crippen molar-refractivity contribution in [2.75, 3.05) is 13.1 Å². The normalized spacial score (nSPS) is 22.2. The highest BCUT2D eigenvalue weighted by atomic mass is 16.3. The third-order valence-electron chi connectivity index (χ3n) is 2.30. The smallest absolute Gasteiger partial charge is 0.0814 e. The zero-order chi connectivity index (χ0) is 8.97. The van der Waals surface area contributed by atoms with Gasteiger partial charge in [-0.3, -0.25) is 0 Å². The van der Waals surface area contributed by atoms with Gasteiger partial charge in [0.05, 0.1) is 6.10 Å². The van der Waals surface area contributed by atoms with Gasteiger partial charge in [-0.1, -0.05) is 6.92 Å². The minimum atomic E-state index is -0.259. The van der Waals surface area contributed by atoms with E-state index in [0.717, 1.165) is 13.1 Å². The second-order valence-corrected chi connectivity index (χ2v) is 3.60. The van der Waals surface area contributed by atoms with Crippen LogP contribution >= 0.6 is 0 Å². The van der Waals surface area contributed by atoms with Crippen LogP contribution in [0.5, 0.6) is 0 Å². The van der Waals surface area contributed by atoms with Crippen LogP contribution in [0.15, 0.2) is 0 Å². The molecule has 2 unspecified atom stereocenters. The Morgan fingerprint density at radius 3 is 2.67 bits per heavy atom. The van der Waals surface area contributed by atoms with E-state index in [1.54, 1.807) is 0 Å². The molecule has 1 saturated carbocycles. The van der Waals surface area contributed by atoms with Gasteiger partial charge in [-0.05, 0) is 26.3 Å². The van der Waals surface area contributed by atoms with Crippen LogP contribution < -0.4 is 10.6 Å². The standard InChI is InChI=1S/C9H20N2O/c1-3-10-7(2)9(12)6-11-8-4-5-8/h7-12H,3-6H2,1-2H3. The lowest BCUT2D eigenvalue weighted by atomic mass is 10.2. The van der Waals surface area contributed by atoms with E-state index in [-0.39, 0.29) is 12.1 Å². The molecule has 0 aromatic rings. The van der Waals surface area contributed by atoms with E-state index >= 15 is 0 Å². The van der Waals surface area contributed by atoms with Gasteiger partial charge >= 0.3 is 0 Å². The topological polar surface area (TPSA) is 44.3 Å².